The lowest BCUT2D eigenvalue weighted by atomic mass is 10.1. The number of ether oxygens (including phenoxy) is 1. The lowest BCUT2D eigenvalue weighted by molar-refractivity contribution is -0.0641. The molecule has 1 fully saturated rings. The van der Waals surface area contributed by atoms with Crippen molar-refractivity contribution >= 4 is 7.82 Å². The molecule has 126 valence electrons. The van der Waals surface area contributed by atoms with Gasteiger partial charge in [-0.05, 0) is 0 Å². The van der Waals surface area contributed by atoms with Crippen LogP contribution in [-0.2, 0) is 13.8 Å². The molecule has 1 aliphatic heterocycles. The van der Waals surface area contributed by atoms with E-state index < -0.39 is 49.4 Å². The van der Waals surface area contributed by atoms with Gasteiger partial charge in [-0.3, -0.25) is 18.9 Å². The van der Waals surface area contributed by atoms with Gasteiger partial charge in [0.15, 0.2) is 6.10 Å². The number of phosphoric acid groups is 1. The standard InChI is InChI=1S/C11H12FN2O8P/c1-2-7(22-23(18,19)20)9-6(15)3-8(21-9)14-4-5(12)10(16)13-11(14)17/h1,4,6-9,15H,3H2,(H,13,16,17)(H2,18,19,20)/t6?,7-,8+,9-/m0/s1. The van der Waals surface area contributed by atoms with Gasteiger partial charge in [0.1, 0.15) is 12.3 Å². The maximum absolute atomic E-state index is 13.3. The fraction of sp³-hybridized carbons (Fsp3) is 0.455. The van der Waals surface area contributed by atoms with E-state index in [2.05, 4.69) is 4.52 Å². The Balaban J connectivity index is 2.26. The zero-order chi connectivity index (χ0) is 17.4. The topological polar surface area (TPSA) is 151 Å². The Morgan fingerprint density at radius 2 is 2.22 bits per heavy atom. The third kappa shape index (κ3) is 3.94. The number of H-pyrrole nitrogens is 1. The van der Waals surface area contributed by atoms with Gasteiger partial charge in [0.05, 0.1) is 12.3 Å². The number of hydrogen-bond donors (Lipinski definition) is 4. The Labute approximate surface area is 127 Å². The van der Waals surface area contributed by atoms with Crippen LogP contribution in [-0.4, -0.2) is 42.8 Å². The highest BCUT2D eigenvalue weighted by molar-refractivity contribution is 7.46. The summed E-state index contributed by atoms with van der Waals surface area (Å²) in [7, 11) is -4.94. The zero-order valence-electron chi connectivity index (χ0n) is 11.3. The molecule has 0 saturated carbocycles. The first-order chi connectivity index (χ1) is 10.6. The van der Waals surface area contributed by atoms with Gasteiger partial charge >= 0.3 is 13.5 Å². The molecular weight excluding hydrogens is 338 g/mol. The van der Waals surface area contributed by atoms with Crippen molar-refractivity contribution in [3.05, 3.63) is 32.9 Å². The number of terminal acetylenes is 1. The van der Waals surface area contributed by atoms with Crippen LogP contribution in [0.4, 0.5) is 4.39 Å². The summed E-state index contributed by atoms with van der Waals surface area (Å²) in [6.45, 7) is 0. The van der Waals surface area contributed by atoms with E-state index in [0.29, 0.717) is 10.8 Å². The Morgan fingerprint density at radius 3 is 2.78 bits per heavy atom. The van der Waals surface area contributed by atoms with E-state index in [9.17, 15) is 23.7 Å². The molecule has 1 aromatic heterocycles. The molecule has 0 bridgehead atoms. The van der Waals surface area contributed by atoms with Crippen molar-refractivity contribution in [2.24, 2.45) is 0 Å². The number of nitrogens with one attached hydrogen (secondary N) is 1. The Bertz CT molecular complexity index is 792. The molecule has 1 aliphatic rings. The molecule has 0 amide bonds. The van der Waals surface area contributed by atoms with E-state index in [4.69, 9.17) is 20.9 Å². The number of rotatable bonds is 4. The molecule has 10 nitrogen and oxygen atoms in total. The molecule has 0 radical (unpaired) electrons. The fourth-order valence-corrected chi connectivity index (χ4v) is 2.61. The van der Waals surface area contributed by atoms with E-state index in [0.717, 1.165) is 0 Å². The van der Waals surface area contributed by atoms with Gasteiger partial charge in [0, 0.05) is 6.42 Å². The number of hydrogen-bond acceptors (Lipinski definition) is 6. The SMILES string of the molecule is C#C[C@H](OP(=O)(O)O)[C@H]1O[C@@H](n2cc(F)c(=O)[nH]c2=O)CC1O. The fourth-order valence-electron chi connectivity index (χ4n) is 2.13. The van der Waals surface area contributed by atoms with E-state index in [1.807, 2.05) is 5.92 Å². The van der Waals surface area contributed by atoms with Gasteiger partial charge < -0.3 is 19.6 Å². The lowest BCUT2D eigenvalue weighted by Gasteiger charge is -2.22. The summed E-state index contributed by atoms with van der Waals surface area (Å²) in [5.41, 5.74) is -2.20. The predicted octanol–water partition coefficient (Wildman–Crippen LogP) is -1.56. The number of aliphatic hydroxyl groups is 1. The van der Waals surface area contributed by atoms with Crippen LogP contribution in [0.3, 0.4) is 0 Å². The van der Waals surface area contributed by atoms with E-state index in [1.54, 1.807) is 4.98 Å². The molecule has 2 heterocycles. The normalized spacial score (nSPS) is 26.0. The van der Waals surface area contributed by atoms with Gasteiger partial charge in [-0.2, -0.15) is 4.39 Å². The molecule has 0 aliphatic carbocycles. The Morgan fingerprint density at radius 1 is 1.57 bits per heavy atom. The molecule has 1 aromatic rings. The van der Waals surface area contributed by atoms with Crippen LogP contribution in [0.2, 0.25) is 0 Å². The van der Waals surface area contributed by atoms with Crippen LogP contribution < -0.4 is 11.2 Å². The monoisotopic (exact) mass is 350 g/mol. The zero-order valence-corrected chi connectivity index (χ0v) is 12.2. The molecule has 2 rings (SSSR count). The van der Waals surface area contributed by atoms with Gasteiger partial charge in [-0.15, -0.1) is 6.42 Å². The first-order valence-corrected chi connectivity index (χ1v) is 7.70. The number of nitrogens with zero attached hydrogens (tertiary/aromatic N) is 1. The Hall–Kier alpha value is -1.80. The minimum Gasteiger partial charge on any atom is -0.390 e. The van der Waals surface area contributed by atoms with Crippen molar-refractivity contribution in [1.29, 1.82) is 0 Å². The van der Waals surface area contributed by atoms with Crippen molar-refractivity contribution in [2.45, 2.75) is 31.0 Å². The summed E-state index contributed by atoms with van der Waals surface area (Å²) in [5.74, 6) is 0.675. The Kier molecular flexibility index (Phi) is 4.86. The number of halogens is 1. The molecule has 0 aromatic carbocycles. The summed E-state index contributed by atoms with van der Waals surface area (Å²) < 4.78 is 34.4. The maximum atomic E-state index is 13.3. The van der Waals surface area contributed by atoms with Crippen molar-refractivity contribution in [1.82, 2.24) is 9.55 Å². The summed E-state index contributed by atoms with van der Waals surface area (Å²) in [6.07, 6.45) is -0.0516. The quantitative estimate of drug-likeness (QED) is 0.376. The van der Waals surface area contributed by atoms with Gasteiger partial charge in [-0.1, -0.05) is 5.92 Å². The van der Waals surface area contributed by atoms with Crippen LogP contribution in [0.25, 0.3) is 0 Å². The third-order valence-corrected chi connectivity index (χ3v) is 3.59. The van der Waals surface area contributed by atoms with Crippen LogP contribution in [0, 0.1) is 18.2 Å². The van der Waals surface area contributed by atoms with Gasteiger partial charge in [0.25, 0.3) is 5.56 Å². The minimum absolute atomic E-state index is 0.237. The third-order valence-electron chi connectivity index (χ3n) is 3.08. The van der Waals surface area contributed by atoms with Gasteiger partial charge in [-0.25, -0.2) is 9.36 Å². The average molecular weight is 350 g/mol. The van der Waals surface area contributed by atoms with Crippen LogP contribution in [0.1, 0.15) is 12.6 Å². The molecule has 12 heteroatoms. The number of aromatic amines is 1. The van der Waals surface area contributed by atoms with E-state index >= 15 is 0 Å². The smallest absolute Gasteiger partial charge is 0.390 e. The second-order valence-electron chi connectivity index (χ2n) is 4.69. The second-order valence-corrected chi connectivity index (χ2v) is 5.88. The lowest BCUT2D eigenvalue weighted by Crippen LogP contribution is -2.36. The summed E-state index contributed by atoms with van der Waals surface area (Å²) in [4.78, 5) is 41.9. The van der Waals surface area contributed by atoms with Gasteiger partial charge in [0.2, 0.25) is 5.82 Å². The van der Waals surface area contributed by atoms with Crippen molar-refractivity contribution in [3.8, 4) is 12.3 Å². The second kappa shape index (κ2) is 6.37. The summed E-state index contributed by atoms with van der Waals surface area (Å²) >= 11 is 0. The largest absolute Gasteiger partial charge is 0.470 e. The van der Waals surface area contributed by atoms with Crippen molar-refractivity contribution in [3.63, 3.8) is 0 Å². The minimum atomic E-state index is -4.94. The average Bonchev–Trinajstić information content (AvgIpc) is 2.81. The first-order valence-electron chi connectivity index (χ1n) is 6.17. The molecule has 4 atom stereocenters. The van der Waals surface area contributed by atoms with Crippen LogP contribution in [0.15, 0.2) is 15.8 Å². The van der Waals surface area contributed by atoms with Crippen molar-refractivity contribution in [2.75, 3.05) is 0 Å². The van der Waals surface area contributed by atoms with E-state index in [1.165, 1.54) is 0 Å². The highest BCUT2D eigenvalue weighted by Crippen LogP contribution is 2.41. The molecule has 1 saturated heterocycles. The van der Waals surface area contributed by atoms with Crippen molar-refractivity contribution < 1.29 is 33.1 Å². The number of aromatic nitrogens is 2. The number of aliphatic hydroxyl groups excluding tert-OH is 1. The molecule has 1 unspecified atom stereocenters. The van der Waals surface area contributed by atoms with E-state index in [-0.39, 0.29) is 6.42 Å². The molecule has 4 N–H and O–H groups in total. The maximum Gasteiger partial charge on any atom is 0.470 e. The molecule has 0 spiro atoms. The number of phosphoric ester groups is 1. The molecular formula is C11H12FN2O8P. The predicted molar refractivity (Wildman–Crippen MR) is 71.6 cm³/mol. The molecule has 23 heavy (non-hydrogen) atoms. The van der Waals surface area contributed by atoms with Crippen LogP contribution >= 0.6 is 7.82 Å². The first kappa shape index (κ1) is 17.6. The highest BCUT2D eigenvalue weighted by atomic mass is 31.2. The van der Waals surface area contributed by atoms with Crippen LogP contribution in [0.5, 0.6) is 0 Å². The highest BCUT2D eigenvalue weighted by Gasteiger charge is 2.42. The summed E-state index contributed by atoms with van der Waals surface area (Å²) in [6, 6.07) is 0. The summed E-state index contributed by atoms with van der Waals surface area (Å²) in [5, 5.41) is 9.90.